The Bertz CT molecular complexity index is 584. The van der Waals surface area contributed by atoms with Crippen LogP contribution < -0.4 is 0 Å². The molecule has 19 heavy (non-hydrogen) atoms. The molecule has 96 valence electrons. The summed E-state index contributed by atoms with van der Waals surface area (Å²) in [7, 11) is 2.06. The number of nitrogens with zero attached hydrogens (tertiary/aromatic N) is 2. The van der Waals surface area contributed by atoms with Crippen molar-refractivity contribution in [3.05, 3.63) is 71.3 Å². The predicted octanol–water partition coefficient (Wildman–Crippen LogP) is 3.78. The Morgan fingerprint density at radius 3 is 2.37 bits per heavy atom. The number of rotatable bonds is 2. The third-order valence-electron chi connectivity index (χ3n) is 3.69. The van der Waals surface area contributed by atoms with Crippen molar-refractivity contribution >= 4 is 5.71 Å². The first kappa shape index (κ1) is 12.0. The summed E-state index contributed by atoms with van der Waals surface area (Å²) in [5.41, 5.74) is 5.04. The van der Waals surface area contributed by atoms with Crippen molar-refractivity contribution in [1.29, 1.82) is 0 Å². The summed E-state index contributed by atoms with van der Waals surface area (Å²) in [6.07, 6.45) is 0.976. The Kier molecular flexibility index (Phi) is 3.08. The van der Waals surface area contributed by atoms with Gasteiger partial charge in [-0.05, 0) is 18.1 Å². The van der Waals surface area contributed by atoms with Crippen molar-refractivity contribution in [2.24, 2.45) is 5.10 Å². The summed E-state index contributed by atoms with van der Waals surface area (Å²) < 4.78 is 0. The average Bonchev–Trinajstić information content (AvgIpc) is 2.83. The average molecular weight is 250 g/mol. The summed E-state index contributed by atoms with van der Waals surface area (Å²) in [5.74, 6) is 0. The van der Waals surface area contributed by atoms with Crippen LogP contribution in [0.5, 0.6) is 0 Å². The molecule has 0 saturated carbocycles. The largest absolute Gasteiger partial charge is 0.292 e. The summed E-state index contributed by atoms with van der Waals surface area (Å²) in [5, 5.41) is 6.77. The third kappa shape index (κ3) is 2.39. The minimum Gasteiger partial charge on any atom is -0.292 e. The molecule has 1 atom stereocenters. The summed E-state index contributed by atoms with van der Waals surface area (Å²) in [6.45, 7) is 2.12. The Balaban J connectivity index is 1.84. The second-order valence-electron chi connectivity index (χ2n) is 5.12. The van der Waals surface area contributed by atoms with Crippen molar-refractivity contribution in [3.63, 3.8) is 0 Å². The number of benzene rings is 2. The summed E-state index contributed by atoms with van der Waals surface area (Å²) in [6, 6.07) is 19.5. The summed E-state index contributed by atoms with van der Waals surface area (Å²) >= 11 is 0. The van der Waals surface area contributed by atoms with Gasteiger partial charge in [0.2, 0.25) is 0 Å². The molecule has 0 fully saturated rings. The Morgan fingerprint density at radius 1 is 1.00 bits per heavy atom. The zero-order valence-corrected chi connectivity index (χ0v) is 11.4. The molecule has 0 unspecified atom stereocenters. The van der Waals surface area contributed by atoms with E-state index in [0.717, 1.165) is 6.42 Å². The van der Waals surface area contributed by atoms with Gasteiger partial charge in [-0.2, -0.15) is 5.10 Å². The molecule has 2 aromatic carbocycles. The van der Waals surface area contributed by atoms with Crippen molar-refractivity contribution in [2.45, 2.75) is 19.4 Å². The number of hydrogen-bond acceptors (Lipinski definition) is 2. The minimum absolute atomic E-state index is 0.357. The topological polar surface area (TPSA) is 15.6 Å². The quantitative estimate of drug-likeness (QED) is 0.792. The highest BCUT2D eigenvalue weighted by molar-refractivity contribution is 6.01. The van der Waals surface area contributed by atoms with Gasteiger partial charge in [0.1, 0.15) is 0 Å². The van der Waals surface area contributed by atoms with E-state index in [1.807, 2.05) is 6.07 Å². The van der Waals surface area contributed by atoms with Gasteiger partial charge < -0.3 is 0 Å². The first-order valence-electron chi connectivity index (χ1n) is 6.66. The van der Waals surface area contributed by atoms with Crippen molar-refractivity contribution in [1.82, 2.24) is 5.01 Å². The second-order valence-corrected chi connectivity index (χ2v) is 5.12. The Morgan fingerprint density at radius 2 is 1.68 bits per heavy atom. The third-order valence-corrected chi connectivity index (χ3v) is 3.69. The van der Waals surface area contributed by atoms with E-state index in [2.05, 4.69) is 72.6 Å². The van der Waals surface area contributed by atoms with Gasteiger partial charge in [-0.25, -0.2) is 0 Å². The zero-order chi connectivity index (χ0) is 13.2. The fourth-order valence-corrected chi connectivity index (χ4v) is 2.54. The van der Waals surface area contributed by atoms with Gasteiger partial charge in [-0.1, -0.05) is 60.2 Å². The molecule has 0 aromatic heterocycles. The number of hydrogen-bond donors (Lipinski definition) is 0. The standard InChI is InChI=1S/C17H18N2/c1-13-8-10-15(11-9-13)17-12-16(18-19(17)2)14-6-4-3-5-7-14/h3-11,17H,12H2,1-2H3/t17-/m0/s1. The Hall–Kier alpha value is -2.09. The van der Waals surface area contributed by atoms with Gasteiger partial charge in [0.05, 0.1) is 11.8 Å². The van der Waals surface area contributed by atoms with Crippen LogP contribution in [0.2, 0.25) is 0 Å². The van der Waals surface area contributed by atoms with Crippen LogP contribution in [0.15, 0.2) is 59.7 Å². The molecule has 0 amide bonds. The fraction of sp³-hybridized carbons (Fsp3) is 0.235. The molecule has 2 heteroatoms. The molecule has 2 nitrogen and oxygen atoms in total. The maximum Gasteiger partial charge on any atom is 0.0773 e. The highest BCUT2D eigenvalue weighted by Crippen LogP contribution is 2.31. The van der Waals surface area contributed by atoms with E-state index < -0.39 is 0 Å². The number of aryl methyl sites for hydroxylation is 1. The maximum atomic E-state index is 4.69. The van der Waals surface area contributed by atoms with Gasteiger partial charge in [-0.15, -0.1) is 0 Å². The lowest BCUT2D eigenvalue weighted by Gasteiger charge is -2.19. The van der Waals surface area contributed by atoms with Crippen LogP contribution in [0, 0.1) is 6.92 Å². The van der Waals surface area contributed by atoms with E-state index in [4.69, 9.17) is 0 Å². The van der Waals surface area contributed by atoms with Crippen molar-refractivity contribution in [3.8, 4) is 0 Å². The molecule has 0 aliphatic carbocycles. The van der Waals surface area contributed by atoms with Crippen LogP contribution in [-0.2, 0) is 0 Å². The first-order valence-corrected chi connectivity index (χ1v) is 6.66. The van der Waals surface area contributed by atoms with Crippen LogP contribution in [-0.4, -0.2) is 17.8 Å². The van der Waals surface area contributed by atoms with E-state index in [9.17, 15) is 0 Å². The van der Waals surface area contributed by atoms with Crippen LogP contribution in [0.1, 0.15) is 29.2 Å². The molecule has 2 aromatic rings. The molecule has 0 N–H and O–H groups in total. The highest BCUT2D eigenvalue weighted by Gasteiger charge is 2.25. The zero-order valence-electron chi connectivity index (χ0n) is 11.4. The molecule has 0 saturated heterocycles. The first-order chi connectivity index (χ1) is 9.24. The molecule has 0 radical (unpaired) electrons. The lowest BCUT2D eigenvalue weighted by atomic mass is 9.98. The van der Waals surface area contributed by atoms with E-state index in [-0.39, 0.29) is 0 Å². The smallest absolute Gasteiger partial charge is 0.0773 e. The van der Waals surface area contributed by atoms with Gasteiger partial charge >= 0.3 is 0 Å². The predicted molar refractivity (Wildman–Crippen MR) is 79.3 cm³/mol. The van der Waals surface area contributed by atoms with Gasteiger partial charge in [0, 0.05) is 13.5 Å². The molecule has 0 spiro atoms. The molecule has 3 rings (SSSR count). The number of hydrazone groups is 1. The molecule has 1 heterocycles. The molecule has 1 aliphatic rings. The lowest BCUT2D eigenvalue weighted by molar-refractivity contribution is 0.290. The minimum atomic E-state index is 0.357. The van der Waals surface area contributed by atoms with Gasteiger partial charge in [-0.3, -0.25) is 5.01 Å². The van der Waals surface area contributed by atoms with Crippen molar-refractivity contribution < 1.29 is 0 Å². The van der Waals surface area contributed by atoms with Crippen LogP contribution in [0.4, 0.5) is 0 Å². The fourth-order valence-electron chi connectivity index (χ4n) is 2.54. The molecular weight excluding hydrogens is 232 g/mol. The molecular formula is C17H18N2. The van der Waals surface area contributed by atoms with E-state index in [0.29, 0.717) is 6.04 Å². The normalized spacial score (nSPS) is 18.5. The molecule has 0 bridgehead atoms. The monoisotopic (exact) mass is 250 g/mol. The Labute approximate surface area is 114 Å². The van der Waals surface area contributed by atoms with Crippen LogP contribution in [0.25, 0.3) is 0 Å². The summed E-state index contributed by atoms with van der Waals surface area (Å²) in [4.78, 5) is 0. The highest BCUT2D eigenvalue weighted by atomic mass is 15.5. The van der Waals surface area contributed by atoms with Gasteiger partial charge in [0.15, 0.2) is 0 Å². The van der Waals surface area contributed by atoms with E-state index >= 15 is 0 Å². The van der Waals surface area contributed by atoms with Crippen LogP contribution in [0.3, 0.4) is 0 Å². The maximum absolute atomic E-state index is 4.69. The SMILES string of the molecule is Cc1ccc([C@@H]2CC(c3ccccc3)=NN2C)cc1. The molecule has 1 aliphatic heterocycles. The van der Waals surface area contributed by atoms with Gasteiger partial charge in [0.25, 0.3) is 0 Å². The van der Waals surface area contributed by atoms with E-state index in [1.165, 1.54) is 22.4 Å². The van der Waals surface area contributed by atoms with Crippen LogP contribution >= 0.6 is 0 Å². The van der Waals surface area contributed by atoms with E-state index in [1.54, 1.807) is 0 Å². The lowest BCUT2D eigenvalue weighted by Crippen LogP contribution is -2.13. The van der Waals surface area contributed by atoms with Crippen molar-refractivity contribution in [2.75, 3.05) is 7.05 Å². The second kappa shape index (κ2) is 4.88.